The van der Waals surface area contributed by atoms with Crippen LogP contribution < -0.4 is 0 Å². The minimum absolute atomic E-state index is 0.0464. The van der Waals surface area contributed by atoms with Crippen LogP contribution in [0, 0.1) is 5.41 Å². The fraction of sp³-hybridized carbons (Fsp3) is 1.00. The van der Waals surface area contributed by atoms with Crippen LogP contribution in [0.25, 0.3) is 0 Å². The van der Waals surface area contributed by atoms with Gasteiger partial charge in [-0.15, -0.1) is 0 Å². The van der Waals surface area contributed by atoms with Crippen molar-refractivity contribution < 1.29 is 9.50 Å². The van der Waals surface area contributed by atoms with E-state index in [1.54, 1.807) is 6.92 Å². The van der Waals surface area contributed by atoms with E-state index in [0.717, 1.165) is 32.1 Å². The average molecular weight is 172 g/mol. The minimum atomic E-state index is -0.927. The molecule has 70 valence electrons. The maximum absolute atomic E-state index is 13.5. The molecule has 1 spiro atoms. The summed E-state index contributed by atoms with van der Waals surface area (Å²) in [5, 5.41) is 9.68. The first-order chi connectivity index (χ1) is 5.37. The summed E-state index contributed by atoms with van der Waals surface area (Å²) in [5.74, 6) is 0. The Morgan fingerprint density at radius 1 is 1.08 bits per heavy atom. The van der Waals surface area contributed by atoms with Gasteiger partial charge in [-0.3, -0.25) is 0 Å². The molecule has 0 saturated heterocycles. The molecular weight excluding hydrogens is 155 g/mol. The molecule has 12 heavy (non-hydrogen) atoms. The van der Waals surface area contributed by atoms with E-state index in [-0.39, 0.29) is 5.41 Å². The third-order valence-corrected chi connectivity index (χ3v) is 3.94. The molecule has 0 heterocycles. The number of alkyl halides is 1. The fourth-order valence-corrected chi connectivity index (χ4v) is 2.56. The van der Waals surface area contributed by atoms with Crippen molar-refractivity contribution in [2.45, 2.75) is 57.2 Å². The molecule has 1 N–H and O–H groups in total. The van der Waals surface area contributed by atoms with Gasteiger partial charge in [0.15, 0.2) is 0 Å². The molecule has 0 aromatic rings. The first-order valence-electron chi connectivity index (χ1n) is 4.78. The predicted molar refractivity (Wildman–Crippen MR) is 45.7 cm³/mol. The zero-order valence-corrected chi connectivity index (χ0v) is 7.86. The molecule has 0 aromatic heterocycles. The van der Waals surface area contributed by atoms with Crippen molar-refractivity contribution in [2.75, 3.05) is 0 Å². The second-order valence-corrected chi connectivity index (χ2v) is 5.15. The van der Waals surface area contributed by atoms with E-state index < -0.39 is 11.3 Å². The van der Waals surface area contributed by atoms with E-state index in [1.165, 1.54) is 0 Å². The zero-order valence-electron chi connectivity index (χ0n) is 7.86. The van der Waals surface area contributed by atoms with E-state index in [2.05, 4.69) is 0 Å². The molecule has 2 aliphatic carbocycles. The molecule has 0 aliphatic heterocycles. The topological polar surface area (TPSA) is 20.2 Å². The smallest absolute Gasteiger partial charge is 0.114 e. The molecule has 2 fully saturated rings. The highest BCUT2D eigenvalue weighted by molar-refractivity contribution is 5.16. The van der Waals surface area contributed by atoms with Crippen LogP contribution in [0.15, 0.2) is 0 Å². The van der Waals surface area contributed by atoms with Gasteiger partial charge in [0.2, 0.25) is 0 Å². The Labute approximate surface area is 73.0 Å². The summed E-state index contributed by atoms with van der Waals surface area (Å²) >= 11 is 0. The van der Waals surface area contributed by atoms with Gasteiger partial charge in [0.25, 0.3) is 0 Å². The van der Waals surface area contributed by atoms with E-state index >= 15 is 0 Å². The van der Waals surface area contributed by atoms with Crippen molar-refractivity contribution in [3.8, 4) is 0 Å². The molecule has 2 saturated carbocycles. The Kier molecular flexibility index (Phi) is 1.44. The molecule has 0 amide bonds. The number of aliphatic hydroxyl groups is 1. The quantitative estimate of drug-likeness (QED) is 0.595. The maximum Gasteiger partial charge on any atom is 0.114 e. The number of hydrogen-bond acceptors (Lipinski definition) is 1. The summed E-state index contributed by atoms with van der Waals surface area (Å²) in [7, 11) is 0. The molecule has 0 bridgehead atoms. The summed E-state index contributed by atoms with van der Waals surface area (Å²) < 4.78 is 13.5. The SMILES string of the molecule is CC1(O)CCC2(CC1)CC2(C)F. The van der Waals surface area contributed by atoms with Gasteiger partial charge in [0.05, 0.1) is 5.60 Å². The Morgan fingerprint density at radius 3 is 1.83 bits per heavy atom. The van der Waals surface area contributed by atoms with E-state index in [4.69, 9.17) is 0 Å². The van der Waals surface area contributed by atoms with Gasteiger partial charge in [0, 0.05) is 5.41 Å². The first kappa shape index (κ1) is 8.49. The molecule has 2 heteroatoms. The van der Waals surface area contributed by atoms with Crippen LogP contribution in [0.1, 0.15) is 46.0 Å². The van der Waals surface area contributed by atoms with Crippen LogP contribution >= 0.6 is 0 Å². The highest BCUT2D eigenvalue weighted by Crippen LogP contribution is 2.67. The second kappa shape index (κ2) is 2.03. The zero-order chi connectivity index (χ0) is 9.04. The van der Waals surface area contributed by atoms with E-state index in [1.807, 2.05) is 6.92 Å². The van der Waals surface area contributed by atoms with Crippen molar-refractivity contribution >= 4 is 0 Å². The van der Waals surface area contributed by atoms with Crippen molar-refractivity contribution in [2.24, 2.45) is 5.41 Å². The van der Waals surface area contributed by atoms with Gasteiger partial charge in [-0.05, 0) is 46.0 Å². The van der Waals surface area contributed by atoms with Gasteiger partial charge in [-0.1, -0.05) is 0 Å². The molecule has 2 rings (SSSR count). The molecule has 2 aliphatic rings. The van der Waals surface area contributed by atoms with Crippen LogP contribution in [-0.4, -0.2) is 16.4 Å². The highest BCUT2D eigenvalue weighted by Gasteiger charge is 2.66. The van der Waals surface area contributed by atoms with Gasteiger partial charge < -0.3 is 5.11 Å². The minimum Gasteiger partial charge on any atom is -0.390 e. The number of halogens is 1. The molecule has 0 radical (unpaired) electrons. The number of hydrogen-bond donors (Lipinski definition) is 1. The first-order valence-corrected chi connectivity index (χ1v) is 4.78. The largest absolute Gasteiger partial charge is 0.390 e. The molecule has 0 aromatic carbocycles. The van der Waals surface area contributed by atoms with Gasteiger partial charge in [-0.25, -0.2) is 4.39 Å². The Morgan fingerprint density at radius 2 is 1.50 bits per heavy atom. The van der Waals surface area contributed by atoms with Gasteiger partial charge >= 0.3 is 0 Å². The Hall–Kier alpha value is -0.110. The maximum atomic E-state index is 13.5. The van der Waals surface area contributed by atoms with Gasteiger partial charge in [0.1, 0.15) is 5.67 Å². The lowest BCUT2D eigenvalue weighted by Crippen LogP contribution is -2.33. The lowest BCUT2D eigenvalue weighted by atomic mass is 9.76. The fourth-order valence-electron chi connectivity index (χ4n) is 2.56. The lowest BCUT2D eigenvalue weighted by Gasteiger charge is -2.34. The lowest BCUT2D eigenvalue weighted by molar-refractivity contribution is -0.00598. The number of rotatable bonds is 0. The average Bonchev–Trinajstić information content (AvgIpc) is 2.45. The summed E-state index contributed by atoms with van der Waals surface area (Å²) in [6, 6.07) is 0. The summed E-state index contributed by atoms with van der Waals surface area (Å²) in [6.45, 7) is 3.56. The third-order valence-electron chi connectivity index (χ3n) is 3.94. The van der Waals surface area contributed by atoms with Crippen molar-refractivity contribution in [1.82, 2.24) is 0 Å². The van der Waals surface area contributed by atoms with Crippen molar-refractivity contribution in [3.63, 3.8) is 0 Å². The van der Waals surface area contributed by atoms with Crippen LogP contribution in [0.5, 0.6) is 0 Å². The monoisotopic (exact) mass is 172 g/mol. The van der Waals surface area contributed by atoms with Crippen LogP contribution in [0.2, 0.25) is 0 Å². The molecule has 1 atom stereocenters. The molecule has 1 nitrogen and oxygen atoms in total. The molecular formula is C10H17FO. The highest BCUT2D eigenvalue weighted by atomic mass is 19.1. The van der Waals surface area contributed by atoms with Crippen LogP contribution in [0.4, 0.5) is 4.39 Å². The Bertz CT molecular complexity index is 198. The summed E-state index contributed by atoms with van der Waals surface area (Å²) in [6.07, 6.45) is 4.00. The van der Waals surface area contributed by atoms with E-state index in [0.29, 0.717) is 0 Å². The van der Waals surface area contributed by atoms with Crippen molar-refractivity contribution in [3.05, 3.63) is 0 Å². The second-order valence-electron chi connectivity index (χ2n) is 5.15. The normalized spacial score (nSPS) is 59.0. The van der Waals surface area contributed by atoms with E-state index in [9.17, 15) is 9.50 Å². The molecule has 1 unspecified atom stereocenters. The predicted octanol–water partition coefficient (Wildman–Crippen LogP) is 2.43. The summed E-state index contributed by atoms with van der Waals surface area (Å²) in [4.78, 5) is 0. The Balaban J connectivity index is 2.01. The van der Waals surface area contributed by atoms with Crippen molar-refractivity contribution in [1.29, 1.82) is 0 Å². The third kappa shape index (κ3) is 1.08. The standard InChI is InChI=1S/C10H17FO/c1-8(12)3-5-10(6-4-8)7-9(10,2)11/h12H,3-7H2,1-2H3. The summed E-state index contributed by atoms with van der Waals surface area (Å²) in [5.41, 5.74) is -1.50. The van der Waals surface area contributed by atoms with Crippen LogP contribution in [0.3, 0.4) is 0 Å². The van der Waals surface area contributed by atoms with Crippen LogP contribution in [-0.2, 0) is 0 Å². The van der Waals surface area contributed by atoms with Gasteiger partial charge in [-0.2, -0.15) is 0 Å².